The number of benzene rings is 1. The molecule has 34 heavy (non-hydrogen) atoms. The molecule has 1 aromatic heterocycles. The summed E-state index contributed by atoms with van der Waals surface area (Å²) in [6, 6.07) is 5.49. The third kappa shape index (κ3) is 8.06. The van der Waals surface area contributed by atoms with E-state index in [1.54, 1.807) is 32.9 Å². The quantitative estimate of drug-likeness (QED) is 0.517. The number of hydrogen-bond donors (Lipinski definition) is 1. The van der Waals surface area contributed by atoms with Crippen molar-refractivity contribution < 1.29 is 26.7 Å². The van der Waals surface area contributed by atoms with Crippen LogP contribution in [0.25, 0.3) is 0 Å². The van der Waals surface area contributed by atoms with E-state index in [9.17, 15) is 22.0 Å². The Morgan fingerprint density at radius 3 is 2.26 bits per heavy atom. The standard InChI is InChI=1S/C24H27BrF2N2O4S/c1-23(2,3)33-22(30)29-20(13-15-11-16(26)14-17(27)12-15)21-19(25)8-7-18(28-21)9-10-24(4,5)34(6,31)32/h7-8,11-12,14,20H,13H2,1-6H3,(H,29,30). The van der Waals surface area contributed by atoms with E-state index in [0.29, 0.717) is 15.7 Å². The Labute approximate surface area is 207 Å². The minimum atomic E-state index is -3.44. The topological polar surface area (TPSA) is 85.4 Å². The molecule has 2 aromatic rings. The Bertz CT molecular complexity index is 1230. The van der Waals surface area contributed by atoms with Crippen LogP contribution in [0.15, 0.2) is 34.8 Å². The number of nitrogens with one attached hydrogen (secondary N) is 1. The van der Waals surface area contributed by atoms with Crippen molar-refractivity contribution in [3.63, 3.8) is 0 Å². The zero-order valence-electron chi connectivity index (χ0n) is 19.8. The molecular formula is C24H27BrF2N2O4S. The Balaban J connectivity index is 2.50. The number of rotatable bonds is 5. The molecule has 1 unspecified atom stereocenters. The van der Waals surface area contributed by atoms with Gasteiger partial charge >= 0.3 is 6.09 Å². The highest BCUT2D eigenvalue weighted by atomic mass is 79.9. The maximum absolute atomic E-state index is 13.8. The molecular weight excluding hydrogens is 530 g/mol. The van der Waals surface area contributed by atoms with Crippen LogP contribution in [0.2, 0.25) is 0 Å². The molecule has 0 aliphatic carbocycles. The Hall–Kier alpha value is -2.51. The summed E-state index contributed by atoms with van der Waals surface area (Å²) in [5.41, 5.74) is 0.118. The summed E-state index contributed by atoms with van der Waals surface area (Å²) in [6.45, 7) is 8.09. The van der Waals surface area contributed by atoms with E-state index in [2.05, 4.69) is 38.1 Å². The molecule has 0 aliphatic heterocycles. The van der Waals surface area contributed by atoms with E-state index >= 15 is 0 Å². The van der Waals surface area contributed by atoms with Gasteiger partial charge in [-0.2, -0.15) is 0 Å². The zero-order chi connectivity index (χ0) is 25.9. The van der Waals surface area contributed by atoms with Crippen LogP contribution in [-0.4, -0.2) is 36.1 Å². The molecule has 1 aromatic carbocycles. The predicted octanol–water partition coefficient (Wildman–Crippen LogP) is 5.11. The first-order valence-corrected chi connectivity index (χ1v) is 13.0. The van der Waals surface area contributed by atoms with Crippen molar-refractivity contribution in [2.75, 3.05) is 6.26 Å². The number of pyridine rings is 1. The average molecular weight is 557 g/mol. The summed E-state index contributed by atoms with van der Waals surface area (Å²) < 4.78 is 56.0. The summed E-state index contributed by atoms with van der Waals surface area (Å²) in [4.78, 5) is 17.0. The predicted molar refractivity (Wildman–Crippen MR) is 130 cm³/mol. The number of ether oxygens (including phenoxy) is 1. The highest BCUT2D eigenvalue weighted by Crippen LogP contribution is 2.26. The number of sulfone groups is 1. The van der Waals surface area contributed by atoms with Gasteiger partial charge in [0.25, 0.3) is 0 Å². The highest BCUT2D eigenvalue weighted by Gasteiger charge is 2.28. The lowest BCUT2D eigenvalue weighted by molar-refractivity contribution is 0.0502. The third-order valence-corrected chi connectivity index (χ3v) is 7.30. The van der Waals surface area contributed by atoms with Crippen molar-refractivity contribution in [1.29, 1.82) is 0 Å². The molecule has 1 amide bonds. The van der Waals surface area contributed by atoms with Gasteiger partial charge in [0.1, 0.15) is 27.7 Å². The molecule has 1 heterocycles. The molecule has 0 bridgehead atoms. The van der Waals surface area contributed by atoms with Gasteiger partial charge in [0.2, 0.25) is 0 Å². The van der Waals surface area contributed by atoms with Gasteiger partial charge in [-0.05, 0) is 92.7 Å². The van der Waals surface area contributed by atoms with Crippen molar-refractivity contribution in [2.45, 2.75) is 57.4 Å². The summed E-state index contributed by atoms with van der Waals surface area (Å²) >= 11 is 3.40. The van der Waals surface area contributed by atoms with Crippen LogP contribution in [0, 0.1) is 23.5 Å². The average Bonchev–Trinajstić information content (AvgIpc) is 2.63. The Morgan fingerprint density at radius 2 is 1.74 bits per heavy atom. The fraction of sp³-hybridized carbons (Fsp3) is 0.417. The summed E-state index contributed by atoms with van der Waals surface area (Å²) in [7, 11) is -3.44. The van der Waals surface area contributed by atoms with Crippen molar-refractivity contribution in [2.24, 2.45) is 0 Å². The van der Waals surface area contributed by atoms with Crippen LogP contribution in [0.4, 0.5) is 13.6 Å². The minimum absolute atomic E-state index is 0.00520. The summed E-state index contributed by atoms with van der Waals surface area (Å²) in [5, 5.41) is 2.70. The molecule has 1 N–H and O–H groups in total. The smallest absolute Gasteiger partial charge is 0.408 e. The van der Waals surface area contributed by atoms with E-state index in [1.165, 1.54) is 26.0 Å². The first kappa shape index (κ1) is 27.7. The van der Waals surface area contributed by atoms with E-state index in [-0.39, 0.29) is 12.1 Å². The zero-order valence-corrected chi connectivity index (χ0v) is 22.2. The van der Waals surface area contributed by atoms with Gasteiger partial charge in [-0.3, -0.25) is 0 Å². The fourth-order valence-electron chi connectivity index (χ4n) is 2.71. The lowest BCUT2D eigenvalue weighted by Gasteiger charge is -2.24. The second-order valence-electron chi connectivity index (χ2n) is 9.28. The van der Waals surface area contributed by atoms with E-state index in [4.69, 9.17) is 4.74 Å². The first-order valence-electron chi connectivity index (χ1n) is 10.3. The van der Waals surface area contributed by atoms with Gasteiger partial charge in [0.15, 0.2) is 9.84 Å². The van der Waals surface area contributed by atoms with Crippen molar-refractivity contribution in [3.8, 4) is 11.8 Å². The fourth-order valence-corrected chi connectivity index (χ4v) is 3.44. The van der Waals surface area contributed by atoms with E-state index < -0.39 is 44.0 Å². The van der Waals surface area contributed by atoms with Crippen molar-refractivity contribution in [1.82, 2.24) is 10.3 Å². The van der Waals surface area contributed by atoms with Gasteiger partial charge in [-0.15, -0.1) is 0 Å². The van der Waals surface area contributed by atoms with Crippen molar-refractivity contribution in [3.05, 3.63) is 63.4 Å². The van der Waals surface area contributed by atoms with Crippen molar-refractivity contribution >= 4 is 31.9 Å². The minimum Gasteiger partial charge on any atom is -0.444 e. The van der Waals surface area contributed by atoms with Gasteiger partial charge in [-0.25, -0.2) is 27.0 Å². The molecule has 0 aliphatic rings. The van der Waals surface area contributed by atoms with Crippen LogP contribution < -0.4 is 5.32 Å². The number of aromatic nitrogens is 1. The van der Waals surface area contributed by atoms with Crippen LogP contribution in [0.5, 0.6) is 0 Å². The monoisotopic (exact) mass is 556 g/mol. The molecule has 1 atom stereocenters. The van der Waals surface area contributed by atoms with Crippen LogP contribution in [-0.2, 0) is 21.0 Å². The molecule has 6 nitrogen and oxygen atoms in total. The van der Waals surface area contributed by atoms with E-state index in [0.717, 1.165) is 12.3 Å². The number of amides is 1. The largest absolute Gasteiger partial charge is 0.444 e. The third-order valence-electron chi connectivity index (χ3n) is 4.67. The van der Waals surface area contributed by atoms with Crippen LogP contribution in [0.1, 0.15) is 57.6 Å². The second-order valence-corrected chi connectivity index (χ2v) is 12.7. The maximum Gasteiger partial charge on any atom is 0.408 e. The molecule has 0 saturated heterocycles. The molecule has 184 valence electrons. The Kier molecular flexibility index (Phi) is 8.48. The van der Waals surface area contributed by atoms with E-state index in [1.807, 2.05) is 0 Å². The Morgan fingerprint density at radius 1 is 1.15 bits per heavy atom. The normalized spacial score (nSPS) is 13.0. The summed E-state index contributed by atoms with van der Waals surface area (Å²) in [5.74, 6) is 3.97. The number of halogens is 3. The lowest BCUT2D eigenvalue weighted by atomic mass is 10.0. The number of carbonyl (C=O) groups excluding carboxylic acids is 1. The number of alkyl carbamates (subject to hydrolysis) is 1. The van der Waals surface area contributed by atoms with Gasteiger partial charge in [-0.1, -0.05) is 5.92 Å². The van der Waals surface area contributed by atoms with Gasteiger partial charge in [0, 0.05) is 16.8 Å². The molecule has 2 rings (SSSR count). The second kappa shape index (κ2) is 10.4. The number of nitrogens with zero attached hydrogens (tertiary/aromatic N) is 1. The molecule has 0 fully saturated rings. The number of carbonyl (C=O) groups is 1. The molecule has 0 radical (unpaired) electrons. The molecule has 0 spiro atoms. The van der Waals surface area contributed by atoms with Crippen LogP contribution in [0.3, 0.4) is 0 Å². The summed E-state index contributed by atoms with van der Waals surface area (Å²) in [6.07, 6.45) is 0.365. The molecule has 10 heteroatoms. The highest BCUT2D eigenvalue weighted by molar-refractivity contribution is 9.10. The first-order chi connectivity index (χ1) is 15.5. The lowest BCUT2D eigenvalue weighted by Crippen LogP contribution is -2.36. The van der Waals surface area contributed by atoms with Gasteiger partial charge in [0.05, 0.1) is 11.7 Å². The SMILES string of the molecule is CC(C)(C)OC(=O)NC(Cc1cc(F)cc(F)c1)c1nc(C#CC(C)(C)S(C)(=O)=O)ccc1Br. The number of hydrogen-bond acceptors (Lipinski definition) is 5. The van der Waals surface area contributed by atoms with Crippen LogP contribution >= 0.6 is 15.9 Å². The van der Waals surface area contributed by atoms with Gasteiger partial charge < -0.3 is 10.1 Å². The molecule has 0 saturated carbocycles. The maximum atomic E-state index is 13.8.